The van der Waals surface area contributed by atoms with Gasteiger partial charge in [-0.1, -0.05) is 42.5 Å². The van der Waals surface area contributed by atoms with E-state index in [9.17, 15) is 14.7 Å². The highest BCUT2D eigenvalue weighted by molar-refractivity contribution is 6.46. The molecule has 0 saturated carbocycles. The Morgan fingerprint density at radius 3 is 2.51 bits per heavy atom. The lowest BCUT2D eigenvalue weighted by atomic mass is 9.95. The Bertz CT molecular complexity index is 1540. The van der Waals surface area contributed by atoms with Crippen LogP contribution in [0.15, 0.2) is 101 Å². The number of fused-ring (bicyclic) bond motifs is 1. The molecule has 1 aromatic heterocycles. The van der Waals surface area contributed by atoms with Crippen molar-refractivity contribution in [3.63, 3.8) is 0 Å². The Hall–Kier alpha value is -4.98. The maximum Gasteiger partial charge on any atom is 0.296 e. The second-order valence-corrected chi connectivity index (χ2v) is 9.21. The topological polar surface area (TPSA) is 98.4 Å². The molecule has 8 nitrogen and oxygen atoms in total. The van der Waals surface area contributed by atoms with Crippen LogP contribution in [-0.4, -0.2) is 34.9 Å². The number of aliphatic hydroxyl groups is 1. The summed E-state index contributed by atoms with van der Waals surface area (Å²) in [4.78, 5) is 28.1. The van der Waals surface area contributed by atoms with Crippen molar-refractivity contribution in [2.45, 2.75) is 19.2 Å². The van der Waals surface area contributed by atoms with Crippen LogP contribution in [-0.2, 0) is 22.7 Å². The minimum absolute atomic E-state index is 0.0246. The van der Waals surface area contributed by atoms with Crippen molar-refractivity contribution in [2.75, 3.05) is 13.2 Å². The zero-order valence-electron chi connectivity index (χ0n) is 20.9. The van der Waals surface area contributed by atoms with Crippen molar-refractivity contribution >= 4 is 17.4 Å². The molecule has 0 radical (unpaired) electrons. The first-order valence-corrected chi connectivity index (χ1v) is 12.6. The number of nitrogens with zero attached hydrogens (tertiary/aromatic N) is 1. The van der Waals surface area contributed by atoms with Crippen LogP contribution in [0.25, 0.3) is 5.76 Å². The van der Waals surface area contributed by atoms with Crippen molar-refractivity contribution in [1.82, 2.24) is 4.90 Å². The van der Waals surface area contributed by atoms with Crippen LogP contribution < -0.4 is 14.2 Å². The molecule has 4 aromatic rings. The zero-order chi connectivity index (χ0) is 26.8. The number of hydrogen-bond acceptors (Lipinski definition) is 7. The van der Waals surface area contributed by atoms with E-state index in [0.29, 0.717) is 54.0 Å². The van der Waals surface area contributed by atoms with Gasteiger partial charge in [-0.2, -0.15) is 0 Å². The van der Waals surface area contributed by atoms with E-state index in [1.807, 2.05) is 36.4 Å². The number of furan rings is 1. The molecule has 1 N–H and O–H groups in total. The number of Topliss-reactive ketones (excluding diaryl/α,β-unsaturated/α-hetero) is 1. The molecule has 6 rings (SSSR count). The van der Waals surface area contributed by atoms with Crippen LogP contribution in [0.3, 0.4) is 0 Å². The molecular formula is C31H25NO7. The largest absolute Gasteiger partial charge is 0.507 e. The van der Waals surface area contributed by atoms with E-state index in [0.717, 1.165) is 5.56 Å². The van der Waals surface area contributed by atoms with Gasteiger partial charge < -0.3 is 28.6 Å². The second kappa shape index (κ2) is 10.4. The first-order valence-electron chi connectivity index (χ1n) is 12.6. The first-order chi connectivity index (χ1) is 19.1. The quantitative estimate of drug-likeness (QED) is 0.201. The fourth-order valence-electron chi connectivity index (χ4n) is 4.82. The highest BCUT2D eigenvalue weighted by Crippen LogP contribution is 2.42. The molecule has 1 fully saturated rings. The smallest absolute Gasteiger partial charge is 0.296 e. The van der Waals surface area contributed by atoms with E-state index in [-0.39, 0.29) is 17.9 Å². The molecule has 39 heavy (non-hydrogen) atoms. The van der Waals surface area contributed by atoms with Crippen LogP contribution in [0.5, 0.6) is 17.2 Å². The average molecular weight is 524 g/mol. The summed E-state index contributed by atoms with van der Waals surface area (Å²) in [6.45, 7) is 1.21. The Labute approximate surface area is 224 Å². The lowest BCUT2D eigenvalue weighted by Crippen LogP contribution is -2.29. The molecule has 196 valence electrons. The third-order valence-corrected chi connectivity index (χ3v) is 6.68. The molecule has 0 spiro atoms. The van der Waals surface area contributed by atoms with Gasteiger partial charge in [0.15, 0.2) is 11.5 Å². The average Bonchev–Trinajstić information content (AvgIpc) is 3.58. The van der Waals surface area contributed by atoms with Crippen LogP contribution in [0, 0.1) is 0 Å². The van der Waals surface area contributed by atoms with Gasteiger partial charge in [-0.15, -0.1) is 0 Å². The fourth-order valence-corrected chi connectivity index (χ4v) is 4.82. The highest BCUT2D eigenvalue weighted by Gasteiger charge is 2.46. The molecule has 3 aromatic carbocycles. The van der Waals surface area contributed by atoms with Gasteiger partial charge in [0.1, 0.15) is 37.1 Å². The van der Waals surface area contributed by atoms with Crippen LogP contribution in [0.2, 0.25) is 0 Å². The number of carbonyl (C=O) groups is 2. The van der Waals surface area contributed by atoms with Gasteiger partial charge in [-0.25, -0.2) is 0 Å². The third-order valence-electron chi connectivity index (χ3n) is 6.68. The van der Waals surface area contributed by atoms with Crippen molar-refractivity contribution in [3.05, 3.63) is 119 Å². The Morgan fingerprint density at radius 1 is 0.897 bits per heavy atom. The molecular weight excluding hydrogens is 498 g/mol. The zero-order valence-corrected chi connectivity index (χ0v) is 20.9. The highest BCUT2D eigenvalue weighted by atomic mass is 16.6. The monoisotopic (exact) mass is 523 g/mol. The molecule has 2 aliphatic rings. The fraction of sp³-hybridized carbons (Fsp3) is 0.161. The van der Waals surface area contributed by atoms with Gasteiger partial charge in [0.05, 0.1) is 24.4 Å². The van der Waals surface area contributed by atoms with Gasteiger partial charge in [0, 0.05) is 5.56 Å². The lowest BCUT2D eigenvalue weighted by Gasteiger charge is -2.25. The summed E-state index contributed by atoms with van der Waals surface area (Å²) in [7, 11) is 0. The van der Waals surface area contributed by atoms with Gasteiger partial charge in [-0.05, 0) is 53.6 Å². The summed E-state index contributed by atoms with van der Waals surface area (Å²) in [6, 6.07) is 24.5. The Balaban J connectivity index is 1.40. The molecule has 1 unspecified atom stereocenters. The van der Waals surface area contributed by atoms with Crippen molar-refractivity contribution in [1.29, 1.82) is 0 Å². The number of likely N-dealkylation sites (tertiary alicyclic amines) is 1. The number of benzene rings is 3. The summed E-state index contributed by atoms with van der Waals surface area (Å²) in [5, 5.41) is 11.4. The van der Waals surface area contributed by atoms with E-state index in [2.05, 4.69) is 0 Å². The molecule has 8 heteroatoms. The number of ether oxygens (including phenoxy) is 3. The Morgan fingerprint density at radius 2 is 1.72 bits per heavy atom. The maximum absolute atomic E-state index is 13.4. The van der Waals surface area contributed by atoms with Gasteiger partial charge >= 0.3 is 0 Å². The van der Waals surface area contributed by atoms with Gasteiger partial charge in [-0.3, -0.25) is 9.59 Å². The minimum Gasteiger partial charge on any atom is -0.507 e. The molecule has 1 saturated heterocycles. The van der Waals surface area contributed by atoms with Crippen LogP contribution in [0.4, 0.5) is 0 Å². The number of rotatable bonds is 7. The number of hydrogen-bond donors (Lipinski definition) is 1. The predicted octanol–water partition coefficient (Wildman–Crippen LogP) is 5.25. The lowest BCUT2D eigenvalue weighted by molar-refractivity contribution is -0.140. The van der Waals surface area contributed by atoms with Gasteiger partial charge in [0.25, 0.3) is 11.7 Å². The molecule has 2 aliphatic heterocycles. The SMILES string of the molecule is O=C1C(=O)N(Cc2ccco2)C(c2cccc(OCc3ccccc3)c2)/C1=C(/O)c1ccc2c(c1)OCCO2. The van der Waals surface area contributed by atoms with E-state index in [1.165, 1.54) is 11.2 Å². The molecule has 3 heterocycles. The number of carbonyl (C=O) groups excluding carboxylic acids is 2. The summed E-state index contributed by atoms with van der Waals surface area (Å²) >= 11 is 0. The van der Waals surface area contributed by atoms with Crippen molar-refractivity contribution < 1.29 is 33.3 Å². The van der Waals surface area contributed by atoms with E-state index < -0.39 is 17.7 Å². The van der Waals surface area contributed by atoms with Crippen LogP contribution >= 0.6 is 0 Å². The second-order valence-electron chi connectivity index (χ2n) is 9.21. The number of amides is 1. The number of aliphatic hydroxyl groups excluding tert-OH is 1. The van der Waals surface area contributed by atoms with E-state index in [4.69, 9.17) is 18.6 Å². The molecule has 0 aliphatic carbocycles. The normalized spacial score (nSPS) is 17.8. The summed E-state index contributed by atoms with van der Waals surface area (Å²) in [5.41, 5.74) is 1.94. The van der Waals surface area contributed by atoms with Crippen molar-refractivity contribution in [2.24, 2.45) is 0 Å². The van der Waals surface area contributed by atoms with Gasteiger partial charge in [0.2, 0.25) is 0 Å². The first kappa shape index (κ1) is 24.4. The summed E-state index contributed by atoms with van der Waals surface area (Å²) < 4.78 is 22.7. The number of ketones is 1. The molecule has 1 atom stereocenters. The molecule has 0 bridgehead atoms. The summed E-state index contributed by atoms with van der Waals surface area (Å²) in [6.07, 6.45) is 1.51. The van der Waals surface area contributed by atoms with Crippen molar-refractivity contribution in [3.8, 4) is 17.2 Å². The van der Waals surface area contributed by atoms with E-state index >= 15 is 0 Å². The molecule has 1 amide bonds. The standard InChI is InChI=1S/C31H25NO7/c33-29(22-11-12-25-26(17-22)38-15-14-37-25)27-28(32(31(35)30(27)34)18-24-10-5-13-36-24)21-8-4-9-23(16-21)39-19-20-6-2-1-3-7-20/h1-13,16-17,28,33H,14-15,18-19H2/b29-27-. The Kier molecular flexibility index (Phi) is 6.50. The third kappa shape index (κ3) is 4.84. The van der Waals surface area contributed by atoms with Crippen LogP contribution in [0.1, 0.15) is 28.5 Å². The predicted molar refractivity (Wildman–Crippen MR) is 141 cm³/mol. The van der Waals surface area contributed by atoms with E-state index in [1.54, 1.807) is 48.5 Å². The maximum atomic E-state index is 13.4. The summed E-state index contributed by atoms with van der Waals surface area (Å²) in [5.74, 6) is 0.282. The minimum atomic E-state index is -0.872.